The highest BCUT2D eigenvalue weighted by Crippen LogP contribution is 2.36. The molecule has 0 bridgehead atoms. The van der Waals surface area contributed by atoms with Crippen LogP contribution in [0.15, 0.2) is 18.5 Å². The first-order valence-electron chi connectivity index (χ1n) is 6.07. The zero-order valence-electron chi connectivity index (χ0n) is 9.58. The summed E-state index contributed by atoms with van der Waals surface area (Å²) in [4.78, 5) is 10.2. The van der Waals surface area contributed by atoms with Crippen LogP contribution in [0.5, 0.6) is 0 Å². The number of fused-ring (bicyclic) bond motifs is 1. The van der Waals surface area contributed by atoms with Crippen LogP contribution >= 0.6 is 22.9 Å². The molecule has 2 aromatic heterocycles. The summed E-state index contributed by atoms with van der Waals surface area (Å²) in [6, 6.07) is 2.31. The molecule has 1 aliphatic rings. The van der Waals surface area contributed by atoms with Gasteiger partial charge in [0.25, 0.3) is 0 Å². The quantitative estimate of drug-likeness (QED) is 0.840. The lowest BCUT2D eigenvalue weighted by atomic mass is 9.99. The molecule has 0 aliphatic heterocycles. The van der Waals surface area contributed by atoms with E-state index < -0.39 is 0 Å². The molecule has 0 saturated carbocycles. The molecule has 2 heterocycles. The normalized spacial score (nSPS) is 16.8. The summed E-state index contributed by atoms with van der Waals surface area (Å²) < 4.78 is 0. The lowest BCUT2D eigenvalue weighted by Crippen LogP contribution is -1.97. The Bertz CT molecular complexity index is 466. The first kappa shape index (κ1) is 11.3. The molecule has 3 rings (SSSR count). The topological polar surface area (TPSA) is 28.7 Å². The number of aromatic nitrogens is 2. The van der Waals surface area contributed by atoms with Crippen molar-refractivity contribution in [3.8, 4) is 0 Å². The Balaban J connectivity index is 1.77. The molecule has 1 unspecified atom stereocenters. The largest absolute Gasteiger partial charge is 0.349 e. The third-order valence-corrected chi connectivity index (χ3v) is 5.12. The average molecular weight is 267 g/mol. The van der Waals surface area contributed by atoms with E-state index in [9.17, 15) is 0 Å². The summed E-state index contributed by atoms with van der Waals surface area (Å²) in [5.74, 6) is 0.969. The second-order valence-corrected chi connectivity index (χ2v) is 6.21. The number of aromatic amines is 1. The maximum Gasteiger partial charge on any atom is 0.107 e. The minimum Gasteiger partial charge on any atom is -0.349 e. The molecule has 0 spiro atoms. The lowest BCUT2D eigenvalue weighted by Gasteiger charge is -2.08. The molecule has 1 atom stereocenters. The van der Waals surface area contributed by atoms with Gasteiger partial charge in [-0.2, -0.15) is 0 Å². The van der Waals surface area contributed by atoms with Crippen LogP contribution in [0, 0.1) is 0 Å². The summed E-state index contributed by atoms with van der Waals surface area (Å²) in [6.07, 6.45) is 9.54. The number of aryl methyl sites for hydroxylation is 2. The molecule has 2 aromatic rings. The van der Waals surface area contributed by atoms with Crippen molar-refractivity contribution in [2.24, 2.45) is 0 Å². The smallest absolute Gasteiger partial charge is 0.107 e. The minimum absolute atomic E-state index is 0.0525. The molecule has 1 aliphatic carbocycles. The number of H-pyrrole nitrogens is 1. The van der Waals surface area contributed by atoms with Crippen molar-refractivity contribution in [3.63, 3.8) is 0 Å². The van der Waals surface area contributed by atoms with Crippen LogP contribution in [0.1, 0.15) is 39.4 Å². The second kappa shape index (κ2) is 4.83. The van der Waals surface area contributed by atoms with Crippen LogP contribution in [0.3, 0.4) is 0 Å². The Morgan fingerprint density at radius 2 is 2.29 bits per heavy atom. The van der Waals surface area contributed by atoms with Gasteiger partial charge in [-0.3, -0.25) is 0 Å². The highest BCUT2D eigenvalue weighted by atomic mass is 35.5. The van der Waals surface area contributed by atoms with Crippen molar-refractivity contribution in [1.82, 2.24) is 9.97 Å². The fourth-order valence-corrected chi connectivity index (χ4v) is 3.93. The van der Waals surface area contributed by atoms with Crippen molar-refractivity contribution in [2.45, 2.75) is 37.5 Å². The third kappa shape index (κ3) is 2.40. The van der Waals surface area contributed by atoms with Crippen molar-refractivity contribution in [3.05, 3.63) is 39.6 Å². The van der Waals surface area contributed by atoms with Crippen molar-refractivity contribution in [1.29, 1.82) is 0 Å². The Labute approximate surface area is 110 Å². The van der Waals surface area contributed by atoms with Crippen LogP contribution in [-0.4, -0.2) is 9.97 Å². The van der Waals surface area contributed by atoms with Gasteiger partial charge in [-0.05, 0) is 37.3 Å². The van der Waals surface area contributed by atoms with E-state index in [-0.39, 0.29) is 5.38 Å². The fraction of sp³-hybridized carbons (Fsp3) is 0.462. The molecule has 90 valence electrons. The monoisotopic (exact) mass is 266 g/mol. The molecule has 0 aromatic carbocycles. The van der Waals surface area contributed by atoms with E-state index in [1.807, 2.05) is 17.5 Å². The van der Waals surface area contributed by atoms with Crippen LogP contribution in [-0.2, 0) is 19.3 Å². The zero-order valence-corrected chi connectivity index (χ0v) is 11.2. The number of hydrogen-bond donors (Lipinski definition) is 1. The Kier molecular flexibility index (Phi) is 3.21. The average Bonchev–Trinajstić information content (AvgIpc) is 2.96. The molecule has 17 heavy (non-hydrogen) atoms. The molecule has 0 saturated heterocycles. The number of nitrogens with one attached hydrogen (secondary N) is 1. The number of rotatable bonds is 3. The molecular formula is C13H15ClN2S. The van der Waals surface area contributed by atoms with Gasteiger partial charge < -0.3 is 4.98 Å². The van der Waals surface area contributed by atoms with Gasteiger partial charge in [0.15, 0.2) is 0 Å². The van der Waals surface area contributed by atoms with Crippen LogP contribution in [0.25, 0.3) is 0 Å². The molecule has 4 heteroatoms. The third-order valence-electron chi connectivity index (χ3n) is 3.25. The standard InChI is InChI=1S/C13H15ClN2S/c14-10(8-13-15-5-6-16-13)12-7-9-3-1-2-4-11(9)17-12/h5-7,10H,1-4,8H2,(H,15,16). The minimum atomic E-state index is 0.0525. The van der Waals surface area contributed by atoms with Gasteiger partial charge in [0.1, 0.15) is 5.82 Å². The number of hydrogen-bond acceptors (Lipinski definition) is 2. The molecule has 1 N–H and O–H groups in total. The first-order valence-corrected chi connectivity index (χ1v) is 7.32. The van der Waals surface area contributed by atoms with E-state index in [4.69, 9.17) is 11.6 Å². The predicted molar refractivity (Wildman–Crippen MR) is 71.8 cm³/mol. The lowest BCUT2D eigenvalue weighted by molar-refractivity contribution is 0.697. The van der Waals surface area contributed by atoms with E-state index >= 15 is 0 Å². The maximum absolute atomic E-state index is 6.47. The Morgan fingerprint density at radius 3 is 3.06 bits per heavy atom. The molecule has 0 amide bonds. The molecular weight excluding hydrogens is 252 g/mol. The van der Waals surface area contributed by atoms with E-state index in [0.29, 0.717) is 0 Å². The van der Waals surface area contributed by atoms with E-state index in [2.05, 4.69) is 16.0 Å². The number of alkyl halides is 1. The van der Waals surface area contributed by atoms with Crippen molar-refractivity contribution >= 4 is 22.9 Å². The van der Waals surface area contributed by atoms with Gasteiger partial charge in [0.2, 0.25) is 0 Å². The Hall–Kier alpha value is -0.800. The number of thiophene rings is 1. The summed E-state index contributed by atoms with van der Waals surface area (Å²) in [5.41, 5.74) is 1.53. The van der Waals surface area contributed by atoms with E-state index in [0.717, 1.165) is 12.2 Å². The number of nitrogens with zero attached hydrogens (tertiary/aromatic N) is 1. The summed E-state index contributed by atoms with van der Waals surface area (Å²) in [7, 11) is 0. The molecule has 0 fully saturated rings. The molecule has 0 radical (unpaired) electrons. The highest BCUT2D eigenvalue weighted by Gasteiger charge is 2.18. The van der Waals surface area contributed by atoms with E-state index in [1.54, 1.807) is 11.1 Å². The van der Waals surface area contributed by atoms with Crippen LogP contribution in [0.4, 0.5) is 0 Å². The second-order valence-electron chi connectivity index (χ2n) is 4.51. The summed E-state index contributed by atoms with van der Waals surface area (Å²) >= 11 is 8.36. The van der Waals surface area contributed by atoms with Gasteiger partial charge in [0, 0.05) is 28.6 Å². The fourth-order valence-electron chi connectivity index (χ4n) is 2.35. The van der Waals surface area contributed by atoms with Crippen molar-refractivity contribution in [2.75, 3.05) is 0 Å². The maximum atomic E-state index is 6.47. The summed E-state index contributed by atoms with van der Waals surface area (Å²) in [5, 5.41) is 0.0525. The first-order chi connectivity index (χ1) is 8.33. The molecule has 2 nitrogen and oxygen atoms in total. The SMILES string of the molecule is ClC(Cc1ncc[nH]1)c1cc2c(s1)CCCC2. The van der Waals surface area contributed by atoms with Gasteiger partial charge in [-0.25, -0.2) is 4.98 Å². The summed E-state index contributed by atoms with van der Waals surface area (Å²) in [6.45, 7) is 0. The van der Waals surface area contributed by atoms with E-state index in [1.165, 1.54) is 36.1 Å². The van der Waals surface area contributed by atoms with Gasteiger partial charge in [0.05, 0.1) is 5.38 Å². The number of imidazole rings is 1. The van der Waals surface area contributed by atoms with Gasteiger partial charge in [-0.15, -0.1) is 22.9 Å². The predicted octanol–water partition coefficient (Wildman–Crippen LogP) is 3.87. The van der Waals surface area contributed by atoms with Gasteiger partial charge >= 0.3 is 0 Å². The van der Waals surface area contributed by atoms with Gasteiger partial charge in [-0.1, -0.05) is 0 Å². The zero-order chi connectivity index (χ0) is 11.7. The van der Waals surface area contributed by atoms with Crippen molar-refractivity contribution < 1.29 is 0 Å². The Morgan fingerprint density at radius 1 is 1.41 bits per heavy atom. The highest BCUT2D eigenvalue weighted by molar-refractivity contribution is 7.12. The van der Waals surface area contributed by atoms with Crippen LogP contribution < -0.4 is 0 Å². The number of halogens is 1. The van der Waals surface area contributed by atoms with Crippen LogP contribution in [0.2, 0.25) is 0 Å².